The van der Waals surface area contributed by atoms with E-state index in [1.165, 1.54) is 0 Å². The van der Waals surface area contributed by atoms with Crippen LogP contribution in [0.25, 0.3) is 0 Å². The van der Waals surface area contributed by atoms with Crippen molar-refractivity contribution in [3.63, 3.8) is 0 Å². The van der Waals surface area contributed by atoms with Crippen LogP contribution in [0, 0.1) is 23.7 Å². The van der Waals surface area contributed by atoms with Gasteiger partial charge in [0.1, 0.15) is 11.9 Å². The third kappa shape index (κ3) is 2.19. The molecular formula is C14H20N4. The number of nitrogens with zero attached hydrogens (tertiary/aromatic N) is 3. The molecular weight excluding hydrogens is 224 g/mol. The largest absolute Gasteiger partial charge is 0.355 e. The van der Waals surface area contributed by atoms with E-state index in [1.54, 1.807) is 6.20 Å². The smallest absolute Gasteiger partial charge is 0.146 e. The zero-order valence-electron chi connectivity index (χ0n) is 11.3. The number of rotatable bonds is 1. The Morgan fingerprint density at radius 2 is 2.28 bits per heavy atom. The first-order valence-corrected chi connectivity index (χ1v) is 6.32. The number of piperidine rings is 1. The second-order valence-corrected chi connectivity index (χ2v) is 5.74. The highest BCUT2D eigenvalue weighted by Gasteiger charge is 2.34. The Morgan fingerprint density at radius 3 is 2.89 bits per heavy atom. The molecule has 1 aliphatic rings. The minimum Gasteiger partial charge on any atom is -0.355 e. The molecule has 2 rings (SSSR count). The maximum atomic E-state index is 9.27. The van der Waals surface area contributed by atoms with Crippen LogP contribution in [0.4, 0.5) is 5.82 Å². The number of hydrogen-bond donors (Lipinski definition) is 1. The first kappa shape index (κ1) is 12.8. The van der Waals surface area contributed by atoms with Gasteiger partial charge >= 0.3 is 0 Å². The molecule has 1 fully saturated rings. The van der Waals surface area contributed by atoms with Crippen LogP contribution in [0.5, 0.6) is 0 Å². The highest BCUT2D eigenvalue weighted by Crippen LogP contribution is 2.31. The predicted octanol–water partition coefficient (Wildman–Crippen LogP) is 1.83. The average molecular weight is 244 g/mol. The standard InChI is InChI=1S/C14H20N4/c1-10-4-6-17-13(11(10)8-15)18-7-5-12(16)14(2,3)9-18/h4,6,12H,5,7,9,16H2,1-3H3. The van der Waals surface area contributed by atoms with Crippen LogP contribution in [-0.4, -0.2) is 24.1 Å². The molecule has 1 aromatic rings. The number of nitrogens with two attached hydrogens (primary N) is 1. The van der Waals surface area contributed by atoms with Crippen molar-refractivity contribution in [1.82, 2.24) is 4.98 Å². The molecule has 0 aromatic carbocycles. The molecule has 0 saturated carbocycles. The maximum absolute atomic E-state index is 9.27. The van der Waals surface area contributed by atoms with Gasteiger partial charge in [-0.1, -0.05) is 13.8 Å². The van der Waals surface area contributed by atoms with Gasteiger partial charge in [0.15, 0.2) is 0 Å². The third-order valence-electron chi connectivity index (χ3n) is 3.86. The van der Waals surface area contributed by atoms with Crippen LogP contribution in [0.1, 0.15) is 31.4 Å². The van der Waals surface area contributed by atoms with Crippen molar-refractivity contribution < 1.29 is 0 Å². The molecule has 96 valence electrons. The summed E-state index contributed by atoms with van der Waals surface area (Å²) in [6.07, 6.45) is 2.71. The van der Waals surface area contributed by atoms with Gasteiger partial charge in [0.25, 0.3) is 0 Å². The second kappa shape index (κ2) is 4.58. The fraction of sp³-hybridized carbons (Fsp3) is 0.571. The number of aryl methyl sites for hydroxylation is 1. The molecule has 1 atom stereocenters. The summed E-state index contributed by atoms with van der Waals surface area (Å²) in [5.74, 6) is 0.803. The van der Waals surface area contributed by atoms with Gasteiger partial charge in [-0.05, 0) is 30.4 Å². The van der Waals surface area contributed by atoms with Crippen LogP contribution in [-0.2, 0) is 0 Å². The van der Waals surface area contributed by atoms with E-state index in [2.05, 4.69) is 29.8 Å². The van der Waals surface area contributed by atoms with Crippen molar-refractivity contribution in [3.05, 3.63) is 23.4 Å². The van der Waals surface area contributed by atoms with Crippen LogP contribution >= 0.6 is 0 Å². The molecule has 0 radical (unpaired) electrons. The van der Waals surface area contributed by atoms with E-state index in [1.807, 2.05) is 13.0 Å². The van der Waals surface area contributed by atoms with Crippen LogP contribution in [0.3, 0.4) is 0 Å². The summed E-state index contributed by atoms with van der Waals surface area (Å²) in [5.41, 5.74) is 7.86. The lowest BCUT2D eigenvalue weighted by Gasteiger charge is -2.43. The average Bonchev–Trinajstić information content (AvgIpc) is 2.32. The molecule has 18 heavy (non-hydrogen) atoms. The molecule has 2 heterocycles. The number of hydrogen-bond acceptors (Lipinski definition) is 4. The van der Waals surface area contributed by atoms with Gasteiger partial charge in [0, 0.05) is 25.3 Å². The molecule has 4 heteroatoms. The molecule has 0 aliphatic carbocycles. The zero-order valence-corrected chi connectivity index (χ0v) is 11.3. The Labute approximate surface area is 108 Å². The molecule has 2 N–H and O–H groups in total. The summed E-state index contributed by atoms with van der Waals surface area (Å²) in [4.78, 5) is 6.58. The van der Waals surface area contributed by atoms with E-state index in [-0.39, 0.29) is 11.5 Å². The fourth-order valence-corrected chi connectivity index (χ4v) is 2.48. The fourth-order valence-electron chi connectivity index (χ4n) is 2.48. The molecule has 0 spiro atoms. The Morgan fingerprint density at radius 1 is 1.56 bits per heavy atom. The summed E-state index contributed by atoms with van der Waals surface area (Å²) < 4.78 is 0. The van der Waals surface area contributed by atoms with E-state index in [0.29, 0.717) is 5.56 Å². The predicted molar refractivity (Wildman–Crippen MR) is 72.3 cm³/mol. The van der Waals surface area contributed by atoms with Gasteiger partial charge in [-0.25, -0.2) is 4.98 Å². The van der Waals surface area contributed by atoms with Crippen molar-refractivity contribution in [2.75, 3.05) is 18.0 Å². The first-order valence-electron chi connectivity index (χ1n) is 6.32. The Hall–Kier alpha value is -1.60. The summed E-state index contributed by atoms with van der Waals surface area (Å²) in [7, 11) is 0. The lowest BCUT2D eigenvalue weighted by atomic mass is 9.79. The highest BCUT2D eigenvalue weighted by molar-refractivity contribution is 5.57. The lowest BCUT2D eigenvalue weighted by molar-refractivity contribution is 0.244. The van der Waals surface area contributed by atoms with Gasteiger partial charge in [-0.3, -0.25) is 0 Å². The minimum absolute atomic E-state index is 0.0520. The Kier molecular flexibility index (Phi) is 3.27. The van der Waals surface area contributed by atoms with E-state index in [0.717, 1.165) is 30.9 Å². The van der Waals surface area contributed by atoms with Crippen molar-refractivity contribution in [1.29, 1.82) is 5.26 Å². The molecule has 0 amide bonds. The number of anilines is 1. The number of pyridine rings is 1. The molecule has 4 nitrogen and oxygen atoms in total. The summed E-state index contributed by atoms with van der Waals surface area (Å²) in [6.45, 7) is 8.01. The van der Waals surface area contributed by atoms with Gasteiger partial charge in [0.05, 0.1) is 5.56 Å². The minimum atomic E-state index is 0.0520. The maximum Gasteiger partial charge on any atom is 0.146 e. The first-order chi connectivity index (χ1) is 8.45. The van der Waals surface area contributed by atoms with Gasteiger partial charge < -0.3 is 10.6 Å². The number of aromatic nitrogens is 1. The van der Waals surface area contributed by atoms with Crippen molar-refractivity contribution >= 4 is 5.82 Å². The monoisotopic (exact) mass is 244 g/mol. The molecule has 0 bridgehead atoms. The summed E-state index contributed by atoms with van der Waals surface area (Å²) in [5, 5.41) is 9.27. The van der Waals surface area contributed by atoms with Crippen molar-refractivity contribution in [3.8, 4) is 6.07 Å². The lowest BCUT2D eigenvalue weighted by Crippen LogP contribution is -2.52. The van der Waals surface area contributed by atoms with Crippen LogP contribution in [0.15, 0.2) is 12.3 Å². The normalized spacial score (nSPS) is 22.6. The SMILES string of the molecule is Cc1ccnc(N2CCC(N)C(C)(C)C2)c1C#N. The third-order valence-corrected chi connectivity index (χ3v) is 3.86. The van der Waals surface area contributed by atoms with Crippen molar-refractivity contribution in [2.24, 2.45) is 11.1 Å². The zero-order chi connectivity index (χ0) is 13.3. The summed E-state index contributed by atoms with van der Waals surface area (Å²) in [6, 6.07) is 4.35. The molecule has 1 aliphatic heterocycles. The van der Waals surface area contributed by atoms with E-state index in [9.17, 15) is 5.26 Å². The molecule has 1 unspecified atom stereocenters. The quantitative estimate of drug-likeness (QED) is 0.818. The topological polar surface area (TPSA) is 65.9 Å². The molecule has 1 saturated heterocycles. The van der Waals surface area contributed by atoms with Gasteiger partial charge in [-0.2, -0.15) is 5.26 Å². The Bertz CT molecular complexity index is 487. The molecule has 1 aromatic heterocycles. The van der Waals surface area contributed by atoms with Crippen LogP contribution in [0.2, 0.25) is 0 Å². The second-order valence-electron chi connectivity index (χ2n) is 5.74. The van der Waals surface area contributed by atoms with Gasteiger partial charge in [0.2, 0.25) is 0 Å². The van der Waals surface area contributed by atoms with Crippen LogP contribution < -0.4 is 10.6 Å². The van der Waals surface area contributed by atoms with E-state index < -0.39 is 0 Å². The highest BCUT2D eigenvalue weighted by atomic mass is 15.2. The van der Waals surface area contributed by atoms with Gasteiger partial charge in [-0.15, -0.1) is 0 Å². The summed E-state index contributed by atoms with van der Waals surface area (Å²) >= 11 is 0. The number of nitriles is 1. The van der Waals surface area contributed by atoms with E-state index in [4.69, 9.17) is 5.73 Å². The Balaban J connectivity index is 2.34. The van der Waals surface area contributed by atoms with Crippen molar-refractivity contribution in [2.45, 2.75) is 33.2 Å². The van der Waals surface area contributed by atoms with E-state index >= 15 is 0 Å².